The van der Waals surface area contributed by atoms with Gasteiger partial charge in [0, 0.05) is 30.6 Å². The highest BCUT2D eigenvalue weighted by molar-refractivity contribution is 5.30. The Labute approximate surface area is 118 Å². The minimum absolute atomic E-state index is 0.276. The normalized spacial score (nSPS) is 10.5. The van der Waals surface area contributed by atoms with Crippen LogP contribution < -0.4 is 10.1 Å². The van der Waals surface area contributed by atoms with Crippen molar-refractivity contribution in [3.05, 3.63) is 59.7 Å². The molecular weight excluding hydrogens is 255 g/mol. The van der Waals surface area contributed by atoms with E-state index in [0.29, 0.717) is 18.9 Å². The Bertz CT molecular complexity index is 531. The van der Waals surface area contributed by atoms with Gasteiger partial charge in [-0.1, -0.05) is 13.0 Å². The van der Waals surface area contributed by atoms with Crippen molar-refractivity contribution in [1.29, 1.82) is 0 Å². The van der Waals surface area contributed by atoms with Crippen LogP contribution in [0.4, 0.5) is 4.39 Å². The summed E-state index contributed by atoms with van der Waals surface area (Å²) in [6, 6.07) is 8.57. The first-order valence-electron chi connectivity index (χ1n) is 6.80. The first-order chi connectivity index (χ1) is 9.78. The molecule has 0 saturated carbocycles. The minimum Gasteiger partial charge on any atom is -0.489 e. The van der Waals surface area contributed by atoms with Crippen molar-refractivity contribution < 1.29 is 9.13 Å². The van der Waals surface area contributed by atoms with Gasteiger partial charge in [-0.2, -0.15) is 0 Å². The summed E-state index contributed by atoms with van der Waals surface area (Å²) < 4.78 is 19.2. The molecule has 1 aromatic heterocycles. The molecule has 106 valence electrons. The van der Waals surface area contributed by atoms with E-state index in [1.807, 2.05) is 18.2 Å². The molecule has 0 radical (unpaired) electrons. The number of nitrogens with one attached hydrogen (secondary N) is 1. The quantitative estimate of drug-likeness (QED) is 0.787. The molecule has 0 aliphatic carbocycles. The lowest BCUT2D eigenvalue weighted by atomic mass is 10.2. The Morgan fingerprint density at radius 3 is 2.90 bits per heavy atom. The van der Waals surface area contributed by atoms with Gasteiger partial charge in [-0.25, -0.2) is 4.39 Å². The lowest BCUT2D eigenvalue weighted by Crippen LogP contribution is -2.14. The van der Waals surface area contributed by atoms with E-state index < -0.39 is 0 Å². The summed E-state index contributed by atoms with van der Waals surface area (Å²) in [6.45, 7) is 4.05. The maximum atomic E-state index is 13.5. The molecule has 0 fully saturated rings. The minimum atomic E-state index is -0.276. The van der Waals surface area contributed by atoms with Gasteiger partial charge in [-0.05, 0) is 36.7 Å². The van der Waals surface area contributed by atoms with Crippen molar-refractivity contribution in [2.24, 2.45) is 0 Å². The molecule has 2 aromatic rings. The molecule has 0 unspecified atom stereocenters. The average Bonchev–Trinajstić information content (AvgIpc) is 2.46. The highest BCUT2D eigenvalue weighted by Crippen LogP contribution is 2.17. The van der Waals surface area contributed by atoms with Crippen molar-refractivity contribution in [1.82, 2.24) is 10.3 Å². The van der Waals surface area contributed by atoms with Crippen molar-refractivity contribution in [2.75, 3.05) is 6.54 Å². The van der Waals surface area contributed by atoms with Gasteiger partial charge in [-0.15, -0.1) is 0 Å². The number of hydrogen-bond acceptors (Lipinski definition) is 3. The molecule has 1 heterocycles. The van der Waals surface area contributed by atoms with Crippen LogP contribution in [0, 0.1) is 5.82 Å². The molecule has 0 saturated heterocycles. The van der Waals surface area contributed by atoms with Crippen molar-refractivity contribution in [2.45, 2.75) is 26.5 Å². The van der Waals surface area contributed by atoms with E-state index in [9.17, 15) is 4.39 Å². The predicted molar refractivity (Wildman–Crippen MR) is 77.0 cm³/mol. The number of ether oxygens (including phenoxy) is 1. The smallest absolute Gasteiger partial charge is 0.127 e. The Hall–Kier alpha value is -1.94. The van der Waals surface area contributed by atoms with Crippen molar-refractivity contribution >= 4 is 0 Å². The molecule has 2 rings (SSSR count). The third-order valence-corrected chi connectivity index (χ3v) is 2.82. The fourth-order valence-electron chi connectivity index (χ4n) is 1.87. The van der Waals surface area contributed by atoms with Gasteiger partial charge in [0.05, 0.1) is 0 Å². The van der Waals surface area contributed by atoms with E-state index >= 15 is 0 Å². The second kappa shape index (κ2) is 7.60. The van der Waals surface area contributed by atoms with Crippen LogP contribution in [0.1, 0.15) is 24.5 Å². The molecule has 0 amide bonds. The van der Waals surface area contributed by atoms with Crippen LogP contribution in [0.3, 0.4) is 0 Å². The second-order valence-corrected chi connectivity index (χ2v) is 4.62. The Balaban J connectivity index is 1.97. The monoisotopic (exact) mass is 274 g/mol. The zero-order valence-electron chi connectivity index (χ0n) is 11.6. The molecule has 1 aromatic carbocycles. The lowest BCUT2D eigenvalue weighted by Gasteiger charge is -2.09. The topological polar surface area (TPSA) is 34.1 Å². The highest BCUT2D eigenvalue weighted by atomic mass is 19.1. The number of benzene rings is 1. The lowest BCUT2D eigenvalue weighted by molar-refractivity contribution is 0.303. The number of hydrogen-bond donors (Lipinski definition) is 1. The van der Waals surface area contributed by atoms with Gasteiger partial charge < -0.3 is 10.1 Å². The van der Waals surface area contributed by atoms with E-state index in [0.717, 1.165) is 24.1 Å². The third kappa shape index (κ3) is 4.63. The van der Waals surface area contributed by atoms with E-state index in [4.69, 9.17) is 4.74 Å². The van der Waals surface area contributed by atoms with Gasteiger partial charge in [0.15, 0.2) is 0 Å². The van der Waals surface area contributed by atoms with Crippen molar-refractivity contribution in [3.8, 4) is 5.75 Å². The molecule has 1 N–H and O–H groups in total. The van der Waals surface area contributed by atoms with Gasteiger partial charge >= 0.3 is 0 Å². The first kappa shape index (κ1) is 14.5. The summed E-state index contributed by atoms with van der Waals surface area (Å²) in [4.78, 5) is 4.02. The molecule has 0 atom stereocenters. The Morgan fingerprint density at radius 2 is 2.15 bits per heavy atom. The fraction of sp³-hybridized carbons (Fsp3) is 0.312. The van der Waals surface area contributed by atoms with Crippen LogP contribution in [-0.2, 0) is 13.2 Å². The zero-order valence-corrected chi connectivity index (χ0v) is 11.6. The van der Waals surface area contributed by atoms with Crippen LogP contribution in [0.5, 0.6) is 5.75 Å². The van der Waals surface area contributed by atoms with Gasteiger partial charge in [0.1, 0.15) is 18.2 Å². The maximum absolute atomic E-state index is 13.5. The van der Waals surface area contributed by atoms with Crippen LogP contribution in [0.15, 0.2) is 42.7 Å². The van der Waals surface area contributed by atoms with Crippen LogP contribution in [0.2, 0.25) is 0 Å². The number of rotatable bonds is 7. The standard InChI is InChI=1S/C16H19FN2O/c1-2-5-18-11-14-7-15(17)9-16(8-14)20-12-13-4-3-6-19-10-13/h3-4,6-10,18H,2,5,11-12H2,1H3. The molecule has 0 spiro atoms. The van der Waals surface area contributed by atoms with Gasteiger partial charge in [0.2, 0.25) is 0 Å². The van der Waals surface area contributed by atoms with Gasteiger partial charge in [-0.3, -0.25) is 4.98 Å². The number of aromatic nitrogens is 1. The number of pyridine rings is 1. The summed E-state index contributed by atoms with van der Waals surface area (Å²) in [6.07, 6.45) is 4.51. The van der Waals surface area contributed by atoms with E-state index in [-0.39, 0.29) is 5.82 Å². The Morgan fingerprint density at radius 1 is 1.25 bits per heavy atom. The maximum Gasteiger partial charge on any atom is 0.127 e. The second-order valence-electron chi connectivity index (χ2n) is 4.62. The largest absolute Gasteiger partial charge is 0.489 e. The zero-order chi connectivity index (χ0) is 14.2. The highest BCUT2D eigenvalue weighted by Gasteiger charge is 2.02. The third-order valence-electron chi connectivity index (χ3n) is 2.82. The van der Waals surface area contributed by atoms with Crippen LogP contribution in [0.25, 0.3) is 0 Å². The summed E-state index contributed by atoms with van der Waals surface area (Å²) in [5, 5.41) is 3.25. The molecule has 0 bridgehead atoms. The SMILES string of the molecule is CCCNCc1cc(F)cc(OCc2cccnc2)c1. The van der Waals surface area contributed by atoms with Crippen LogP contribution in [-0.4, -0.2) is 11.5 Å². The van der Waals surface area contributed by atoms with E-state index in [2.05, 4.69) is 17.2 Å². The van der Waals surface area contributed by atoms with Gasteiger partial charge in [0.25, 0.3) is 0 Å². The number of halogens is 1. The summed E-state index contributed by atoms with van der Waals surface area (Å²) in [5.41, 5.74) is 1.85. The van der Waals surface area contributed by atoms with E-state index in [1.54, 1.807) is 12.4 Å². The Kier molecular flexibility index (Phi) is 5.50. The van der Waals surface area contributed by atoms with Crippen molar-refractivity contribution in [3.63, 3.8) is 0 Å². The first-order valence-corrected chi connectivity index (χ1v) is 6.80. The summed E-state index contributed by atoms with van der Waals surface area (Å²) >= 11 is 0. The molecular formula is C16H19FN2O. The summed E-state index contributed by atoms with van der Waals surface area (Å²) in [5.74, 6) is 0.268. The fourth-order valence-corrected chi connectivity index (χ4v) is 1.87. The summed E-state index contributed by atoms with van der Waals surface area (Å²) in [7, 11) is 0. The number of nitrogens with zero attached hydrogens (tertiary/aromatic N) is 1. The molecule has 0 aliphatic heterocycles. The molecule has 3 nitrogen and oxygen atoms in total. The predicted octanol–water partition coefficient (Wildman–Crippen LogP) is 3.30. The van der Waals surface area contributed by atoms with E-state index in [1.165, 1.54) is 12.1 Å². The average molecular weight is 274 g/mol. The molecule has 20 heavy (non-hydrogen) atoms. The molecule has 0 aliphatic rings. The van der Waals surface area contributed by atoms with Crippen LogP contribution >= 0.6 is 0 Å². The molecule has 4 heteroatoms.